The Labute approximate surface area is 167 Å². The molecule has 0 heterocycles. The van der Waals surface area contributed by atoms with Crippen LogP contribution in [-0.2, 0) is 18.0 Å². The van der Waals surface area contributed by atoms with Gasteiger partial charge in [0.1, 0.15) is 6.61 Å². The molecule has 3 nitrogen and oxygen atoms in total. The van der Waals surface area contributed by atoms with Crippen LogP contribution in [0.3, 0.4) is 0 Å². The molecule has 0 aliphatic rings. The smallest absolute Gasteiger partial charge is 0.338 e. The van der Waals surface area contributed by atoms with Crippen LogP contribution in [-0.4, -0.2) is 11.1 Å². The minimum Gasteiger partial charge on any atom is -0.457 e. The fourth-order valence-electron chi connectivity index (χ4n) is 2.58. The van der Waals surface area contributed by atoms with Crippen LogP contribution < -0.4 is 0 Å². The topological polar surface area (TPSA) is 46.5 Å². The SMILES string of the molecule is Cc1ccc(C(=O)OCc2ccccc2)cc1C.Cc1ccc(CO)cc1C. The molecule has 0 atom stereocenters. The number of esters is 1. The maximum Gasteiger partial charge on any atom is 0.338 e. The van der Waals surface area contributed by atoms with Crippen LogP contribution in [0.15, 0.2) is 66.7 Å². The molecule has 0 spiro atoms. The summed E-state index contributed by atoms with van der Waals surface area (Å²) in [7, 11) is 0. The summed E-state index contributed by atoms with van der Waals surface area (Å²) in [4.78, 5) is 11.9. The molecule has 0 radical (unpaired) electrons. The maximum absolute atomic E-state index is 11.9. The van der Waals surface area contributed by atoms with E-state index in [1.807, 2.05) is 74.5 Å². The van der Waals surface area contributed by atoms with E-state index >= 15 is 0 Å². The fourth-order valence-corrected chi connectivity index (χ4v) is 2.58. The molecule has 0 bridgehead atoms. The third-order valence-electron chi connectivity index (χ3n) is 4.71. The highest BCUT2D eigenvalue weighted by molar-refractivity contribution is 5.89. The van der Waals surface area contributed by atoms with Gasteiger partial charge in [0.15, 0.2) is 0 Å². The Balaban J connectivity index is 0.000000237. The minimum atomic E-state index is -0.276. The van der Waals surface area contributed by atoms with Gasteiger partial charge in [-0.3, -0.25) is 0 Å². The fraction of sp³-hybridized carbons (Fsp3) is 0.240. The van der Waals surface area contributed by atoms with Gasteiger partial charge < -0.3 is 9.84 Å². The second kappa shape index (κ2) is 10.4. The highest BCUT2D eigenvalue weighted by Gasteiger charge is 2.08. The molecule has 0 aliphatic heterocycles. The highest BCUT2D eigenvalue weighted by Crippen LogP contribution is 2.12. The molecule has 0 saturated heterocycles. The quantitative estimate of drug-likeness (QED) is 0.615. The average molecular weight is 376 g/mol. The van der Waals surface area contributed by atoms with Gasteiger partial charge in [-0.05, 0) is 73.2 Å². The van der Waals surface area contributed by atoms with Crippen molar-refractivity contribution in [2.45, 2.75) is 40.9 Å². The highest BCUT2D eigenvalue weighted by atomic mass is 16.5. The van der Waals surface area contributed by atoms with E-state index < -0.39 is 0 Å². The molecule has 0 fully saturated rings. The summed E-state index contributed by atoms with van der Waals surface area (Å²) in [6, 6.07) is 21.3. The van der Waals surface area contributed by atoms with Crippen molar-refractivity contribution in [3.8, 4) is 0 Å². The molecule has 0 unspecified atom stereocenters. The van der Waals surface area contributed by atoms with Gasteiger partial charge in [-0.1, -0.05) is 54.6 Å². The lowest BCUT2D eigenvalue weighted by Gasteiger charge is -2.06. The standard InChI is InChI=1S/C16H16O2.C9H12O/c1-12-8-9-15(10-13(12)2)16(17)18-11-14-6-4-3-5-7-14;1-7-3-4-9(6-10)5-8(7)2/h3-10H,11H2,1-2H3;3-5,10H,6H2,1-2H3. The lowest BCUT2D eigenvalue weighted by molar-refractivity contribution is 0.0472. The largest absolute Gasteiger partial charge is 0.457 e. The normalized spacial score (nSPS) is 10.0. The second-order valence-corrected chi connectivity index (χ2v) is 6.94. The van der Waals surface area contributed by atoms with E-state index in [-0.39, 0.29) is 12.6 Å². The summed E-state index contributed by atoms with van der Waals surface area (Å²) < 4.78 is 5.27. The van der Waals surface area contributed by atoms with Crippen molar-refractivity contribution in [2.75, 3.05) is 0 Å². The first-order chi connectivity index (χ1) is 13.4. The molecule has 28 heavy (non-hydrogen) atoms. The van der Waals surface area contributed by atoms with E-state index in [4.69, 9.17) is 9.84 Å². The molecular formula is C25H28O3. The Bertz CT molecular complexity index is 914. The number of hydrogen-bond acceptors (Lipinski definition) is 3. The Morgan fingerprint density at radius 3 is 1.93 bits per heavy atom. The van der Waals surface area contributed by atoms with Crippen molar-refractivity contribution >= 4 is 5.97 Å². The van der Waals surface area contributed by atoms with Gasteiger partial charge >= 0.3 is 5.97 Å². The van der Waals surface area contributed by atoms with Crippen molar-refractivity contribution in [1.29, 1.82) is 0 Å². The second-order valence-electron chi connectivity index (χ2n) is 6.94. The molecule has 3 rings (SSSR count). The molecule has 0 saturated carbocycles. The number of benzene rings is 3. The molecule has 3 aromatic carbocycles. The molecule has 1 N–H and O–H groups in total. The predicted molar refractivity (Wildman–Crippen MR) is 113 cm³/mol. The Morgan fingerprint density at radius 2 is 1.36 bits per heavy atom. The summed E-state index contributed by atoms with van der Waals surface area (Å²) in [6.07, 6.45) is 0. The molecule has 3 aromatic rings. The van der Waals surface area contributed by atoms with E-state index in [1.165, 1.54) is 16.7 Å². The van der Waals surface area contributed by atoms with Crippen LogP contribution in [0, 0.1) is 27.7 Å². The first kappa shape index (κ1) is 21.4. The van der Waals surface area contributed by atoms with Gasteiger partial charge in [-0.25, -0.2) is 4.79 Å². The summed E-state index contributed by atoms with van der Waals surface area (Å²) >= 11 is 0. The molecule has 146 valence electrons. The van der Waals surface area contributed by atoms with Crippen molar-refractivity contribution in [1.82, 2.24) is 0 Å². The van der Waals surface area contributed by atoms with Crippen molar-refractivity contribution in [2.24, 2.45) is 0 Å². The summed E-state index contributed by atoms with van der Waals surface area (Å²) in [5, 5.41) is 8.75. The Morgan fingerprint density at radius 1 is 0.750 bits per heavy atom. The van der Waals surface area contributed by atoms with E-state index in [9.17, 15) is 4.79 Å². The summed E-state index contributed by atoms with van der Waals surface area (Å²) in [6.45, 7) is 8.58. The zero-order valence-electron chi connectivity index (χ0n) is 17.0. The lowest BCUT2D eigenvalue weighted by Crippen LogP contribution is -2.05. The van der Waals surface area contributed by atoms with E-state index in [0.717, 1.165) is 16.7 Å². The number of aryl methyl sites for hydroxylation is 4. The van der Waals surface area contributed by atoms with Crippen LogP contribution in [0.25, 0.3) is 0 Å². The van der Waals surface area contributed by atoms with Crippen LogP contribution in [0.4, 0.5) is 0 Å². The van der Waals surface area contributed by atoms with Crippen LogP contribution in [0.1, 0.15) is 43.7 Å². The number of aliphatic hydroxyl groups is 1. The number of rotatable bonds is 4. The van der Waals surface area contributed by atoms with Gasteiger partial charge in [0.2, 0.25) is 0 Å². The average Bonchev–Trinajstić information content (AvgIpc) is 2.71. The number of carbonyl (C=O) groups is 1. The molecular weight excluding hydrogens is 348 g/mol. The zero-order chi connectivity index (χ0) is 20.5. The van der Waals surface area contributed by atoms with Crippen molar-refractivity contribution < 1.29 is 14.6 Å². The lowest BCUT2D eigenvalue weighted by atomic mass is 10.1. The molecule has 0 aromatic heterocycles. The van der Waals surface area contributed by atoms with E-state index in [0.29, 0.717) is 12.2 Å². The molecule has 0 aliphatic carbocycles. The van der Waals surface area contributed by atoms with Gasteiger partial charge in [0.05, 0.1) is 12.2 Å². The zero-order valence-corrected chi connectivity index (χ0v) is 17.0. The number of carbonyl (C=O) groups excluding carboxylic acids is 1. The Hall–Kier alpha value is -2.91. The van der Waals surface area contributed by atoms with Gasteiger partial charge in [-0.2, -0.15) is 0 Å². The first-order valence-corrected chi connectivity index (χ1v) is 9.36. The van der Waals surface area contributed by atoms with E-state index in [1.54, 1.807) is 6.07 Å². The maximum atomic E-state index is 11.9. The van der Waals surface area contributed by atoms with Gasteiger partial charge in [0.25, 0.3) is 0 Å². The van der Waals surface area contributed by atoms with Crippen molar-refractivity contribution in [3.05, 3.63) is 106 Å². The van der Waals surface area contributed by atoms with Crippen LogP contribution in [0.2, 0.25) is 0 Å². The summed E-state index contributed by atoms with van der Waals surface area (Å²) in [5.41, 5.74) is 7.38. The third kappa shape index (κ3) is 6.36. The summed E-state index contributed by atoms with van der Waals surface area (Å²) in [5.74, 6) is -0.276. The predicted octanol–water partition coefficient (Wildman–Crippen LogP) is 5.46. The number of ether oxygens (including phenoxy) is 1. The van der Waals surface area contributed by atoms with Crippen LogP contribution in [0.5, 0.6) is 0 Å². The molecule has 0 amide bonds. The number of aliphatic hydroxyl groups excluding tert-OH is 1. The number of hydrogen-bond donors (Lipinski definition) is 1. The Kier molecular flexibility index (Phi) is 7.97. The minimum absolute atomic E-state index is 0.140. The van der Waals surface area contributed by atoms with Gasteiger partial charge in [0, 0.05) is 0 Å². The van der Waals surface area contributed by atoms with Crippen LogP contribution >= 0.6 is 0 Å². The first-order valence-electron chi connectivity index (χ1n) is 9.36. The van der Waals surface area contributed by atoms with Crippen molar-refractivity contribution in [3.63, 3.8) is 0 Å². The third-order valence-corrected chi connectivity index (χ3v) is 4.71. The van der Waals surface area contributed by atoms with Gasteiger partial charge in [-0.15, -0.1) is 0 Å². The molecule has 3 heteroatoms. The monoisotopic (exact) mass is 376 g/mol. The van der Waals surface area contributed by atoms with E-state index in [2.05, 4.69) is 13.8 Å².